The van der Waals surface area contributed by atoms with Gasteiger partial charge in [-0.1, -0.05) is 29.3 Å². The Labute approximate surface area is 167 Å². The summed E-state index contributed by atoms with van der Waals surface area (Å²) in [7, 11) is 1.33. The molecule has 3 rings (SSSR count). The number of esters is 1. The van der Waals surface area contributed by atoms with Crippen LogP contribution in [0.1, 0.15) is 39.5 Å². The van der Waals surface area contributed by atoms with E-state index in [2.05, 4.69) is 20.2 Å². The highest BCUT2D eigenvalue weighted by Gasteiger charge is 2.25. The molecule has 1 aliphatic heterocycles. The Morgan fingerprint density at radius 3 is 2.56 bits per heavy atom. The molecule has 144 valence electrons. The molecule has 3 heterocycles. The molecule has 7 nitrogen and oxygen atoms in total. The first-order chi connectivity index (χ1) is 12.9. The molecule has 2 aromatic rings. The Kier molecular flexibility index (Phi) is 5.92. The van der Waals surface area contributed by atoms with Gasteiger partial charge in [-0.15, -0.1) is 0 Å². The summed E-state index contributed by atoms with van der Waals surface area (Å²) in [6.07, 6.45) is 1.50. The van der Waals surface area contributed by atoms with Crippen LogP contribution < -0.4 is 10.2 Å². The number of nitrogens with zero attached hydrogens (tertiary/aromatic N) is 2. The fraction of sp³-hybridized carbons (Fsp3) is 0.389. The van der Waals surface area contributed by atoms with Gasteiger partial charge in [-0.05, 0) is 31.9 Å². The summed E-state index contributed by atoms with van der Waals surface area (Å²) in [5.41, 5.74) is 1.23. The third kappa shape index (κ3) is 4.20. The van der Waals surface area contributed by atoms with Gasteiger partial charge in [0.15, 0.2) is 5.69 Å². The molecule has 0 aromatic carbocycles. The minimum absolute atomic E-state index is 0.0241. The van der Waals surface area contributed by atoms with E-state index in [0.717, 1.165) is 18.7 Å². The molecule has 0 atom stereocenters. The van der Waals surface area contributed by atoms with E-state index in [1.54, 1.807) is 19.1 Å². The first-order valence-electron chi connectivity index (χ1n) is 8.55. The summed E-state index contributed by atoms with van der Waals surface area (Å²) in [6.45, 7) is 3.18. The minimum atomic E-state index is -0.462. The number of halogens is 2. The summed E-state index contributed by atoms with van der Waals surface area (Å²) < 4.78 is 4.71. The molecule has 9 heteroatoms. The number of carbonyl (C=O) groups is 2. The molecule has 27 heavy (non-hydrogen) atoms. The van der Waals surface area contributed by atoms with Crippen molar-refractivity contribution in [2.75, 3.05) is 25.1 Å². The average Bonchev–Trinajstić information content (AvgIpc) is 2.95. The second-order valence-electron chi connectivity index (χ2n) is 6.36. The van der Waals surface area contributed by atoms with E-state index >= 15 is 0 Å². The lowest BCUT2D eigenvalue weighted by Gasteiger charge is -2.33. The third-order valence-corrected chi connectivity index (χ3v) is 5.51. The average molecular weight is 411 g/mol. The quantitative estimate of drug-likeness (QED) is 0.755. The highest BCUT2D eigenvalue weighted by atomic mass is 35.5. The maximum atomic E-state index is 12.4. The molecule has 0 spiro atoms. The highest BCUT2D eigenvalue weighted by Crippen LogP contribution is 2.29. The number of hydrogen-bond acceptors (Lipinski definition) is 5. The molecule has 1 aliphatic rings. The molecule has 0 bridgehead atoms. The van der Waals surface area contributed by atoms with Crippen molar-refractivity contribution in [3.63, 3.8) is 0 Å². The van der Waals surface area contributed by atoms with Crippen LogP contribution in [0.25, 0.3) is 0 Å². The molecule has 1 fully saturated rings. The monoisotopic (exact) mass is 410 g/mol. The lowest BCUT2D eigenvalue weighted by Crippen LogP contribution is -2.45. The number of carbonyl (C=O) groups excluding carboxylic acids is 2. The van der Waals surface area contributed by atoms with E-state index < -0.39 is 5.97 Å². The highest BCUT2D eigenvalue weighted by molar-refractivity contribution is 6.44. The van der Waals surface area contributed by atoms with Gasteiger partial charge in [-0.25, -0.2) is 9.78 Å². The topological polar surface area (TPSA) is 87.3 Å². The first kappa shape index (κ1) is 19.5. The van der Waals surface area contributed by atoms with E-state index in [1.165, 1.54) is 7.11 Å². The Bertz CT molecular complexity index is 860. The molecular formula is C18H20Cl2N4O3. The maximum absolute atomic E-state index is 12.4. The van der Waals surface area contributed by atoms with Gasteiger partial charge in [0.2, 0.25) is 0 Å². The van der Waals surface area contributed by atoms with Crippen molar-refractivity contribution in [1.82, 2.24) is 15.3 Å². The van der Waals surface area contributed by atoms with Crippen LogP contribution in [0.4, 0.5) is 5.82 Å². The number of pyridine rings is 1. The summed E-state index contributed by atoms with van der Waals surface area (Å²) in [5, 5.41) is 3.60. The van der Waals surface area contributed by atoms with E-state index in [9.17, 15) is 9.59 Å². The van der Waals surface area contributed by atoms with E-state index in [0.29, 0.717) is 23.8 Å². The fourth-order valence-corrected chi connectivity index (χ4v) is 3.47. The number of methoxy groups -OCH3 is 1. The van der Waals surface area contributed by atoms with Crippen LogP contribution in [-0.2, 0) is 4.74 Å². The molecular weight excluding hydrogens is 391 g/mol. The normalized spacial score (nSPS) is 14.9. The van der Waals surface area contributed by atoms with Crippen LogP contribution in [0, 0.1) is 6.92 Å². The number of aromatic nitrogens is 2. The summed E-state index contributed by atoms with van der Waals surface area (Å²) in [5.74, 6) is -0.00691. The number of piperidine rings is 1. The minimum Gasteiger partial charge on any atom is -0.464 e. The van der Waals surface area contributed by atoms with Gasteiger partial charge in [-0.3, -0.25) is 4.79 Å². The number of H-pyrrole nitrogens is 1. The largest absolute Gasteiger partial charge is 0.464 e. The third-order valence-electron chi connectivity index (χ3n) is 4.56. The van der Waals surface area contributed by atoms with Crippen molar-refractivity contribution in [3.05, 3.63) is 45.3 Å². The zero-order chi connectivity index (χ0) is 19.6. The van der Waals surface area contributed by atoms with Crippen LogP contribution in [0.15, 0.2) is 18.2 Å². The van der Waals surface area contributed by atoms with Gasteiger partial charge in [0.1, 0.15) is 11.5 Å². The lowest BCUT2D eigenvalue weighted by molar-refractivity contribution is 0.0594. The van der Waals surface area contributed by atoms with Gasteiger partial charge in [0, 0.05) is 24.8 Å². The second-order valence-corrected chi connectivity index (χ2v) is 7.12. The molecule has 0 saturated carbocycles. The number of aromatic amines is 1. The van der Waals surface area contributed by atoms with Crippen molar-refractivity contribution in [1.29, 1.82) is 0 Å². The van der Waals surface area contributed by atoms with Crippen LogP contribution in [0.2, 0.25) is 10.0 Å². The first-order valence-corrected chi connectivity index (χ1v) is 9.31. The number of amides is 1. The maximum Gasteiger partial charge on any atom is 0.356 e. The molecule has 0 radical (unpaired) electrons. The predicted molar refractivity (Wildman–Crippen MR) is 104 cm³/mol. The zero-order valence-corrected chi connectivity index (χ0v) is 16.5. The summed E-state index contributed by atoms with van der Waals surface area (Å²) in [4.78, 5) is 33.4. The van der Waals surface area contributed by atoms with E-state index in [1.807, 2.05) is 6.07 Å². The standard InChI is InChI=1S/C18H20Cl2N4O3/c1-10-14(19)15(20)16(21-10)17(25)22-11-6-8-24(9-7-11)13-5-3-4-12(23-13)18(26)27-2/h3-5,11,21H,6-9H2,1-2H3,(H,22,25). The number of rotatable bonds is 4. The molecule has 0 aliphatic carbocycles. The number of hydrogen-bond donors (Lipinski definition) is 2. The summed E-state index contributed by atoms with van der Waals surface area (Å²) in [6, 6.07) is 5.28. The molecule has 2 N–H and O–H groups in total. The van der Waals surface area contributed by atoms with Crippen molar-refractivity contribution in [2.24, 2.45) is 0 Å². The molecule has 1 saturated heterocycles. The Morgan fingerprint density at radius 2 is 1.96 bits per heavy atom. The SMILES string of the molecule is COC(=O)c1cccc(N2CCC(NC(=O)c3[nH]c(C)c(Cl)c3Cl)CC2)n1. The number of anilines is 1. The van der Waals surface area contributed by atoms with Crippen molar-refractivity contribution in [2.45, 2.75) is 25.8 Å². The zero-order valence-electron chi connectivity index (χ0n) is 15.0. The van der Waals surface area contributed by atoms with Crippen LogP contribution >= 0.6 is 23.2 Å². The number of aryl methyl sites for hydroxylation is 1. The van der Waals surface area contributed by atoms with Gasteiger partial charge in [0.25, 0.3) is 5.91 Å². The Hall–Kier alpha value is -2.25. The van der Waals surface area contributed by atoms with Gasteiger partial charge in [-0.2, -0.15) is 0 Å². The van der Waals surface area contributed by atoms with Crippen LogP contribution in [0.3, 0.4) is 0 Å². The van der Waals surface area contributed by atoms with Gasteiger partial charge in [0.05, 0.1) is 17.2 Å². The Balaban J connectivity index is 1.60. The van der Waals surface area contributed by atoms with Crippen molar-refractivity contribution in [3.8, 4) is 0 Å². The molecule has 2 aromatic heterocycles. The van der Waals surface area contributed by atoms with Crippen molar-refractivity contribution >= 4 is 40.9 Å². The van der Waals surface area contributed by atoms with Crippen LogP contribution in [-0.4, -0.2) is 48.1 Å². The van der Waals surface area contributed by atoms with E-state index in [4.69, 9.17) is 27.9 Å². The Morgan fingerprint density at radius 1 is 1.26 bits per heavy atom. The van der Waals surface area contributed by atoms with E-state index in [-0.39, 0.29) is 28.4 Å². The number of ether oxygens (including phenoxy) is 1. The van der Waals surface area contributed by atoms with Crippen LogP contribution in [0.5, 0.6) is 0 Å². The smallest absolute Gasteiger partial charge is 0.356 e. The number of nitrogens with one attached hydrogen (secondary N) is 2. The molecule has 1 amide bonds. The van der Waals surface area contributed by atoms with Gasteiger partial charge >= 0.3 is 5.97 Å². The lowest BCUT2D eigenvalue weighted by atomic mass is 10.0. The second kappa shape index (κ2) is 8.19. The molecule has 0 unspecified atom stereocenters. The van der Waals surface area contributed by atoms with Gasteiger partial charge < -0.3 is 19.9 Å². The fourth-order valence-electron chi connectivity index (χ4n) is 3.06. The summed E-state index contributed by atoms with van der Waals surface area (Å²) >= 11 is 12.1. The predicted octanol–water partition coefficient (Wildman–Crippen LogP) is 3.21. The van der Waals surface area contributed by atoms with Crippen molar-refractivity contribution < 1.29 is 14.3 Å².